The van der Waals surface area contributed by atoms with E-state index in [9.17, 15) is 14.0 Å². The predicted octanol–water partition coefficient (Wildman–Crippen LogP) is 2.16. The maximum atomic E-state index is 13.3. The molecule has 0 saturated heterocycles. The number of benzene rings is 1. The molecule has 102 valence electrons. The lowest BCUT2D eigenvalue weighted by Gasteiger charge is -2.13. The van der Waals surface area contributed by atoms with Crippen LogP contribution in [0.1, 0.15) is 18.4 Å². The number of nitrogens with zero attached hydrogens (tertiary/aromatic N) is 1. The van der Waals surface area contributed by atoms with Crippen molar-refractivity contribution in [3.8, 4) is 0 Å². The summed E-state index contributed by atoms with van der Waals surface area (Å²) in [6, 6.07) is 6.15. The summed E-state index contributed by atoms with van der Waals surface area (Å²) in [5, 5.41) is 8.49. The molecule has 0 atom stereocenters. The molecule has 1 amide bonds. The molecule has 0 aliphatic carbocycles. The van der Waals surface area contributed by atoms with Gasteiger partial charge in [-0.05, 0) is 18.6 Å². The second-order valence-electron chi connectivity index (χ2n) is 4.11. The van der Waals surface area contributed by atoms with Crippen molar-refractivity contribution in [2.24, 2.45) is 0 Å². The Morgan fingerprint density at radius 1 is 1.37 bits per heavy atom. The standard InChI is InChI=1S/C14H16FNO3/c1-16(10-4-7-14(18)19)13(17)9-8-11-5-2-3-6-12(11)15/h2-3,5-6,8-9H,4,7,10H2,1H3,(H,18,19)/b9-8+. The van der Waals surface area contributed by atoms with Gasteiger partial charge < -0.3 is 10.0 Å². The van der Waals surface area contributed by atoms with E-state index in [1.54, 1.807) is 25.2 Å². The Labute approximate surface area is 111 Å². The highest BCUT2D eigenvalue weighted by molar-refractivity contribution is 5.91. The third-order valence-electron chi connectivity index (χ3n) is 2.57. The summed E-state index contributed by atoms with van der Waals surface area (Å²) in [7, 11) is 1.58. The number of aliphatic carboxylic acids is 1. The minimum Gasteiger partial charge on any atom is -0.481 e. The van der Waals surface area contributed by atoms with Crippen molar-refractivity contribution in [1.29, 1.82) is 0 Å². The quantitative estimate of drug-likeness (QED) is 0.802. The van der Waals surface area contributed by atoms with Crippen molar-refractivity contribution < 1.29 is 19.1 Å². The SMILES string of the molecule is CN(CCCC(=O)O)C(=O)/C=C/c1ccccc1F. The van der Waals surface area contributed by atoms with Gasteiger partial charge in [-0.15, -0.1) is 0 Å². The number of carboxylic acid groups (broad SMARTS) is 1. The fourth-order valence-corrected chi connectivity index (χ4v) is 1.48. The monoisotopic (exact) mass is 265 g/mol. The third kappa shape index (κ3) is 5.33. The minimum atomic E-state index is -0.886. The van der Waals surface area contributed by atoms with Crippen molar-refractivity contribution >= 4 is 18.0 Å². The summed E-state index contributed by atoms with van der Waals surface area (Å²) in [5.74, 6) is -1.56. The van der Waals surface area contributed by atoms with Gasteiger partial charge >= 0.3 is 5.97 Å². The van der Waals surface area contributed by atoms with Crippen molar-refractivity contribution in [2.75, 3.05) is 13.6 Å². The van der Waals surface area contributed by atoms with E-state index in [-0.39, 0.29) is 18.1 Å². The second-order valence-corrected chi connectivity index (χ2v) is 4.11. The third-order valence-corrected chi connectivity index (χ3v) is 2.57. The summed E-state index contributed by atoms with van der Waals surface area (Å²) >= 11 is 0. The number of carboxylic acids is 1. The first-order chi connectivity index (χ1) is 9.00. The molecule has 1 aromatic rings. The van der Waals surface area contributed by atoms with E-state index in [0.29, 0.717) is 18.5 Å². The molecular formula is C14H16FNO3. The molecule has 0 radical (unpaired) electrons. The molecule has 1 rings (SSSR count). The zero-order valence-corrected chi connectivity index (χ0v) is 10.7. The lowest BCUT2D eigenvalue weighted by molar-refractivity contribution is -0.137. The lowest BCUT2D eigenvalue weighted by atomic mass is 10.2. The minimum absolute atomic E-state index is 0.0225. The largest absolute Gasteiger partial charge is 0.481 e. The fourth-order valence-electron chi connectivity index (χ4n) is 1.48. The Balaban J connectivity index is 2.50. The number of hydrogen-bond donors (Lipinski definition) is 1. The molecule has 0 heterocycles. The summed E-state index contributed by atoms with van der Waals surface area (Å²) in [6.45, 7) is 0.354. The van der Waals surface area contributed by atoms with Gasteiger partial charge in [0.05, 0.1) is 0 Å². The summed E-state index contributed by atoms with van der Waals surface area (Å²) < 4.78 is 13.3. The van der Waals surface area contributed by atoms with Gasteiger partial charge in [-0.3, -0.25) is 9.59 Å². The van der Waals surface area contributed by atoms with Gasteiger partial charge in [0.1, 0.15) is 5.82 Å². The van der Waals surface area contributed by atoms with Crippen molar-refractivity contribution in [3.63, 3.8) is 0 Å². The lowest BCUT2D eigenvalue weighted by Crippen LogP contribution is -2.26. The van der Waals surface area contributed by atoms with Crippen LogP contribution in [0, 0.1) is 5.82 Å². The average molecular weight is 265 g/mol. The molecule has 0 aliphatic heterocycles. The molecule has 1 N–H and O–H groups in total. The second kappa shape index (κ2) is 7.31. The molecule has 19 heavy (non-hydrogen) atoms. The van der Waals surface area contributed by atoms with Crippen molar-refractivity contribution in [3.05, 3.63) is 41.7 Å². The molecule has 0 unspecified atom stereocenters. The van der Waals surface area contributed by atoms with Crippen LogP contribution in [0.2, 0.25) is 0 Å². The Bertz CT molecular complexity index is 485. The zero-order chi connectivity index (χ0) is 14.3. The number of hydrogen-bond acceptors (Lipinski definition) is 2. The van der Waals surface area contributed by atoms with E-state index in [1.165, 1.54) is 23.1 Å². The molecule has 0 bridgehead atoms. The van der Waals surface area contributed by atoms with Crippen LogP contribution in [0.15, 0.2) is 30.3 Å². The summed E-state index contributed by atoms with van der Waals surface area (Å²) in [6.07, 6.45) is 3.10. The maximum absolute atomic E-state index is 13.3. The highest BCUT2D eigenvalue weighted by atomic mass is 19.1. The van der Waals surface area contributed by atoms with Gasteiger partial charge in [0.15, 0.2) is 0 Å². The van der Waals surface area contributed by atoms with Crippen LogP contribution >= 0.6 is 0 Å². The van der Waals surface area contributed by atoms with Crippen LogP contribution in [0.4, 0.5) is 4.39 Å². The molecule has 0 aliphatic rings. The Kier molecular flexibility index (Phi) is 5.73. The Morgan fingerprint density at radius 3 is 2.68 bits per heavy atom. The van der Waals surface area contributed by atoms with Crippen LogP contribution < -0.4 is 0 Å². The number of rotatable bonds is 6. The highest BCUT2D eigenvalue weighted by Gasteiger charge is 2.06. The summed E-state index contributed by atoms with van der Waals surface area (Å²) in [5.41, 5.74) is 0.342. The smallest absolute Gasteiger partial charge is 0.303 e. The van der Waals surface area contributed by atoms with Gasteiger partial charge in [0.2, 0.25) is 5.91 Å². The molecule has 0 saturated carbocycles. The van der Waals surface area contributed by atoms with Crippen LogP contribution in [-0.2, 0) is 9.59 Å². The summed E-state index contributed by atoms with van der Waals surface area (Å²) in [4.78, 5) is 23.4. The van der Waals surface area contributed by atoms with Crippen molar-refractivity contribution in [1.82, 2.24) is 4.90 Å². The van der Waals surface area contributed by atoms with Gasteiger partial charge in [0, 0.05) is 31.7 Å². The highest BCUT2D eigenvalue weighted by Crippen LogP contribution is 2.08. The molecule has 0 fully saturated rings. The Hall–Kier alpha value is -2.17. The number of amides is 1. The van der Waals surface area contributed by atoms with Crippen molar-refractivity contribution in [2.45, 2.75) is 12.8 Å². The molecular weight excluding hydrogens is 249 g/mol. The zero-order valence-electron chi connectivity index (χ0n) is 10.7. The molecule has 0 aromatic heterocycles. The molecule has 1 aromatic carbocycles. The van der Waals surface area contributed by atoms with Gasteiger partial charge in [-0.25, -0.2) is 4.39 Å². The maximum Gasteiger partial charge on any atom is 0.303 e. The van der Waals surface area contributed by atoms with E-state index < -0.39 is 5.97 Å². The molecule has 0 spiro atoms. The number of likely N-dealkylation sites (N-methyl/N-ethyl adjacent to an activating group) is 1. The first kappa shape index (κ1) is 14.9. The van der Waals surface area contributed by atoms with E-state index in [2.05, 4.69) is 0 Å². The van der Waals surface area contributed by atoms with Crippen LogP contribution in [0.5, 0.6) is 0 Å². The first-order valence-corrected chi connectivity index (χ1v) is 5.90. The van der Waals surface area contributed by atoms with Crippen LogP contribution in [-0.4, -0.2) is 35.5 Å². The topological polar surface area (TPSA) is 57.6 Å². The Morgan fingerprint density at radius 2 is 2.05 bits per heavy atom. The van der Waals surface area contributed by atoms with E-state index in [1.807, 2.05) is 0 Å². The molecule has 4 nitrogen and oxygen atoms in total. The van der Waals surface area contributed by atoms with E-state index in [0.717, 1.165) is 0 Å². The number of carbonyl (C=O) groups is 2. The molecule has 5 heteroatoms. The van der Waals surface area contributed by atoms with Gasteiger partial charge in [-0.2, -0.15) is 0 Å². The van der Waals surface area contributed by atoms with E-state index in [4.69, 9.17) is 5.11 Å². The van der Waals surface area contributed by atoms with Gasteiger partial charge in [0.25, 0.3) is 0 Å². The van der Waals surface area contributed by atoms with E-state index >= 15 is 0 Å². The van der Waals surface area contributed by atoms with Gasteiger partial charge in [-0.1, -0.05) is 18.2 Å². The number of carbonyl (C=O) groups excluding carboxylic acids is 1. The van der Waals surface area contributed by atoms with Crippen LogP contribution in [0.25, 0.3) is 6.08 Å². The first-order valence-electron chi connectivity index (χ1n) is 5.90. The average Bonchev–Trinajstić information content (AvgIpc) is 2.36. The number of halogens is 1. The predicted molar refractivity (Wildman–Crippen MR) is 69.9 cm³/mol. The fraction of sp³-hybridized carbons (Fsp3) is 0.286. The normalized spacial score (nSPS) is 10.6. The van der Waals surface area contributed by atoms with Crippen LogP contribution in [0.3, 0.4) is 0 Å².